The van der Waals surface area contributed by atoms with Gasteiger partial charge in [-0.3, -0.25) is 4.99 Å². The van der Waals surface area contributed by atoms with Crippen LogP contribution in [0.3, 0.4) is 0 Å². The van der Waals surface area contributed by atoms with Crippen molar-refractivity contribution in [2.24, 2.45) is 4.99 Å². The van der Waals surface area contributed by atoms with Crippen LogP contribution in [0.5, 0.6) is 0 Å². The number of halogens is 1. The quantitative estimate of drug-likeness (QED) is 0.275. The summed E-state index contributed by atoms with van der Waals surface area (Å²) in [6, 6.07) is 10.2. The van der Waals surface area contributed by atoms with E-state index in [1.54, 1.807) is 18.4 Å². The van der Waals surface area contributed by atoms with Crippen molar-refractivity contribution < 1.29 is 0 Å². The van der Waals surface area contributed by atoms with Gasteiger partial charge in [0.1, 0.15) is 5.82 Å². The summed E-state index contributed by atoms with van der Waals surface area (Å²) in [5, 5.41) is 4.60. The van der Waals surface area contributed by atoms with Crippen LogP contribution in [0.15, 0.2) is 41.5 Å². The van der Waals surface area contributed by atoms with Crippen LogP contribution >= 0.6 is 35.3 Å². The van der Waals surface area contributed by atoms with Crippen molar-refractivity contribution in [3.05, 3.63) is 57.9 Å². The molecule has 156 valence electrons. The highest BCUT2D eigenvalue weighted by Crippen LogP contribution is 2.18. The third kappa shape index (κ3) is 6.27. The van der Waals surface area contributed by atoms with E-state index in [9.17, 15) is 0 Å². The molecular weight excluding hydrogens is 495 g/mol. The van der Waals surface area contributed by atoms with Crippen LogP contribution < -0.4 is 5.32 Å². The number of benzene rings is 1. The molecule has 8 heteroatoms. The molecule has 2 N–H and O–H groups in total. The van der Waals surface area contributed by atoms with Crippen molar-refractivity contribution in [3.63, 3.8) is 0 Å². The largest absolute Gasteiger partial charge is 0.356 e. The molecule has 2 heterocycles. The molecule has 29 heavy (non-hydrogen) atoms. The summed E-state index contributed by atoms with van der Waals surface area (Å²) in [5.74, 6) is 1.76. The molecule has 0 fully saturated rings. The zero-order valence-electron chi connectivity index (χ0n) is 17.4. The highest BCUT2D eigenvalue weighted by Gasteiger charge is 2.11. The highest BCUT2D eigenvalue weighted by atomic mass is 127. The fraction of sp³-hybridized carbons (Fsp3) is 0.381. The van der Waals surface area contributed by atoms with Crippen molar-refractivity contribution in [2.45, 2.75) is 33.2 Å². The number of thiazole rings is 1. The van der Waals surface area contributed by atoms with E-state index in [0.29, 0.717) is 6.54 Å². The first-order valence-corrected chi connectivity index (χ1v) is 10.4. The molecule has 3 aromatic rings. The number of aryl methyl sites for hydroxylation is 2. The molecule has 1 aromatic carbocycles. The average Bonchev–Trinajstić information content (AvgIpc) is 3.32. The summed E-state index contributed by atoms with van der Waals surface area (Å²) >= 11 is 1.79. The predicted octanol–water partition coefficient (Wildman–Crippen LogP) is 4.27. The van der Waals surface area contributed by atoms with E-state index in [1.807, 2.05) is 31.4 Å². The molecular formula is C21H29IN6S. The Bertz CT molecular complexity index is 918. The Morgan fingerprint density at radius 3 is 2.69 bits per heavy atom. The van der Waals surface area contributed by atoms with Gasteiger partial charge in [-0.05, 0) is 18.9 Å². The average molecular weight is 524 g/mol. The smallest absolute Gasteiger partial charge is 0.193 e. The maximum Gasteiger partial charge on any atom is 0.193 e. The van der Waals surface area contributed by atoms with Crippen LogP contribution in [0.25, 0.3) is 11.3 Å². The fourth-order valence-electron chi connectivity index (χ4n) is 3.10. The standard InChI is InChI=1S/C21H28N6S.HI/c1-5-17-15(2)28-20(26-17)11-12-23-21(22-3)27(4)14-19-24-13-18(25-19)16-9-7-6-8-10-16;/h6-10,13H,5,11-12,14H2,1-4H3,(H,22,23)(H,24,25);1H. The second-order valence-electron chi connectivity index (χ2n) is 6.65. The van der Waals surface area contributed by atoms with Crippen molar-refractivity contribution >= 4 is 41.3 Å². The summed E-state index contributed by atoms with van der Waals surface area (Å²) in [7, 11) is 3.82. The lowest BCUT2D eigenvalue weighted by molar-refractivity contribution is 0.464. The van der Waals surface area contributed by atoms with Crippen LogP contribution in [-0.2, 0) is 19.4 Å². The van der Waals surface area contributed by atoms with Gasteiger partial charge in [0, 0.05) is 31.9 Å². The topological polar surface area (TPSA) is 69.2 Å². The normalized spacial score (nSPS) is 11.2. The number of guanidine groups is 1. The molecule has 0 bridgehead atoms. The minimum atomic E-state index is 0. The zero-order chi connectivity index (χ0) is 19.9. The van der Waals surface area contributed by atoms with Gasteiger partial charge in [-0.1, -0.05) is 37.3 Å². The maximum atomic E-state index is 4.71. The first kappa shape index (κ1) is 23.3. The predicted molar refractivity (Wildman–Crippen MR) is 132 cm³/mol. The monoisotopic (exact) mass is 524 g/mol. The third-order valence-corrected chi connectivity index (χ3v) is 5.64. The number of nitrogens with one attached hydrogen (secondary N) is 2. The Kier molecular flexibility index (Phi) is 9.09. The second-order valence-corrected chi connectivity index (χ2v) is 7.94. The molecule has 3 rings (SSSR count). The van der Waals surface area contributed by atoms with E-state index < -0.39 is 0 Å². The third-order valence-electron chi connectivity index (χ3n) is 4.57. The number of hydrogen-bond donors (Lipinski definition) is 2. The summed E-state index contributed by atoms with van der Waals surface area (Å²) in [4.78, 5) is 20.4. The molecule has 0 aliphatic carbocycles. The van der Waals surface area contributed by atoms with Gasteiger partial charge in [0.25, 0.3) is 0 Å². The molecule has 0 saturated heterocycles. The lowest BCUT2D eigenvalue weighted by Gasteiger charge is -2.20. The van der Waals surface area contributed by atoms with E-state index in [4.69, 9.17) is 4.98 Å². The molecule has 0 spiro atoms. The number of hydrogen-bond acceptors (Lipinski definition) is 4. The SMILES string of the molecule is CCc1nc(CCNC(=NC)N(C)Cc2ncc(-c3ccccc3)[nH]2)sc1C.I. The molecule has 6 nitrogen and oxygen atoms in total. The minimum Gasteiger partial charge on any atom is -0.356 e. The van der Waals surface area contributed by atoms with Crippen LogP contribution in [0.2, 0.25) is 0 Å². The lowest BCUT2D eigenvalue weighted by atomic mass is 10.2. The van der Waals surface area contributed by atoms with Crippen molar-refractivity contribution in [1.82, 2.24) is 25.2 Å². The highest BCUT2D eigenvalue weighted by molar-refractivity contribution is 14.0. The second kappa shape index (κ2) is 11.3. The molecule has 2 aromatic heterocycles. The Labute approximate surface area is 193 Å². The number of imidazole rings is 1. The van der Waals surface area contributed by atoms with E-state index in [1.165, 1.54) is 15.6 Å². The lowest BCUT2D eigenvalue weighted by Crippen LogP contribution is -2.39. The Hall–Kier alpha value is -1.94. The van der Waals surface area contributed by atoms with Gasteiger partial charge < -0.3 is 15.2 Å². The van der Waals surface area contributed by atoms with Crippen LogP contribution in [0, 0.1) is 6.92 Å². The molecule has 0 amide bonds. The molecule has 0 atom stereocenters. The number of nitrogens with zero attached hydrogens (tertiary/aromatic N) is 4. The van der Waals surface area contributed by atoms with Gasteiger partial charge in [0.05, 0.1) is 29.1 Å². The zero-order valence-corrected chi connectivity index (χ0v) is 20.5. The van der Waals surface area contributed by atoms with E-state index in [-0.39, 0.29) is 24.0 Å². The number of aliphatic imine (C=N–C) groups is 1. The van der Waals surface area contributed by atoms with Crippen molar-refractivity contribution in [1.29, 1.82) is 0 Å². The van der Waals surface area contributed by atoms with Crippen LogP contribution in [0.4, 0.5) is 0 Å². The van der Waals surface area contributed by atoms with Crippen molar-refractivity contribution in [3.8, 4) is 11.3 Å². The number of aromatic nitrogens is 3. The van der Waals surface area contributed by atoms with E-state index in [0.717, 1.165) is 42.4 Å². The first-order chi connectivity index (χ1) is 13.6. The van der Waals surface area contributed by atoms with Crippen molar-refractivity contribution in [2.75, 3.05) is 20.6 Å². The summed E-state index contributed by atoms with van der Waals surface area (Å²) in [5.41, 5.74) is 3.38. The first-order valence-electron chi connectivity index (χ1n) is 9.57. The number of rotatable bonds is 7. The van der Waals surface area contributed by atoms with E-state index >= 15 is 0 Å². The summed E-state index contributed by atoms with van der Waals surface area (Å²) in [6.45, 7) is 5.76. The molecule has 0 aliphatic heterocycles. The fourth-order valence-corrected chi connectivity index (χ4v) is 4.12. The van der Waals surface area contributed by atoms with Gasteiger partial charge >= 0.3 is 0 Å². The molecule has 0 saturated carbocycles. The van der Waals surface area contributed by atoms with Gasteiger partial charge in [-0.25, -0.2) is 9.97 Å². The molecule has 0 radical (unpaired) electrons. The summed E-state index contributed by atoms with van der Waals surface area (Å²) < 4.78 is 0. The van der Waals surface area contributed by atoms with Gasteiger partial charge in [-0.2, -0.15) is 0 Å². The Morgan fingerprint density at radius 1 is 1.28 bits per heavy atom. The number of aromatic amines is 1. The maximum absolute atomic E-state index is 4.71. The van der Waals surface area contributed by atoms with Crippen LogP contribution in [0.1, 0.15) is 28.3 Å². The number of H-pyrrole nitrogens is 1. The molecule has 0 aliphatic rings. The Balaban J connectivity index is 0.00000300. The Morgan fingerprint density at radius 2 is 2.03 bits per heavy atom. The van der Waals surface area contributed by atoms with Gasteiger partial charge in [0.15, 0.2) is 5.96 Å². The minimum absolute atomic E-state index is 0. The van der Waals surface area contributed by atoms with Gasteiger partial charge in [0.2, 0.25) is 0 Å². The van der Waals surface area contributed by atoms with Gasteiger partial charge in [-0.15, -0.1) is 35.3 Å². The van der Waals surface area contributed by atoms with E-state index in [2.05, 4.69) is 51.2 Å². The summed E-state index contributed by atoms with van der Waals surface area (Å²) in [6.07, 6.45) is 3.77. The molecule has 0 unspecified atom stereocenters. The van der Waals surface area contributed by atoms with Crippen LogP contribution in [-0.4, -0.2) is 46.5 Å².